The van der Waals surface area contributed by atoms with Gasteiger partial charge in [0.15, 0.2) is 5.78 Å². The smallest absolute Gasteiger partial charge is 0.248 e. The third-order valence-electron chi connectivity index (χ3n) is 5.45. The maximum Gasteiger partial charge on any atom is 0.248 e. The van der Waals surface area contributed by atoms with E-state index in [-0.39, 0.29) is 35.1 Å². The summed E-state index contributed by atoms with van der Waals surface area (Å²) in [6, 6.07) is 16.7. The van der Waals surface area contributed by atoms with Crippen LogP contribution in [-0.4, -0.2) is 47.6 Å². The van der Waals surface area contributed by atoms with Crippen LogP contribution in [0.5, 0.6) is 5.75 Å². The number of hydrogen-bond donors (Lipinski definition) is 2. The van der Waals surface area contributed by atoms with Crippen molar-refractivity contribution in [2.45, 2.75) is 10.8 Å². The van der Waals surface area contributed by atoms with E-state index in [2.05, 4.69) is 4.98 Å². The summed E-state index contributed by atoms with van der Waals surface area (Å²) in [6.07, 6.45) is 3.18. The SMILES string of the molecule is NC(=O)c1ccc(S(=O)(=O)N2C/C(=C/c3ccccn3)C(=O)C(c3ccc(O)cc3)C2)cc1. The summed E-state index contributed by atoms with van der Waals surface area (Å²) in [4.78, 5) is 28.9. The van der Waals surface area contributed by atoms with Gasteiger partial charge in [-0.15, -0.1) is 0 Å². The first-order chi connectivity index (χ1) is 15.8. The first kappa shape index (κ1) is 22.4. The number of phenols is 1. The van der Waals surface area contributed by atoms with Crippen LogP contribution in [-0.2, 0) is 14.8 Å². The maximum absolute atomic E-state index is 13.4. The van der Waals surface area contributed by atoms with Gasteiger partial charge in [-0.3, -0.25) is 14.6 Å². The molecule has 9 heteroatoms. The zero-order valence-corrected chi connectivity index (χ0v) is 18.3. The molecule has 33 heavy (non-hydrogen) atoms. The quantitative estimate of drug-likeness (QED) is 0.559. The van der Waals surface area contributed by atoms with Gasteiger partial charge < -0.3 is 10.8 Å². The molecule has 0 bridgehead atoms. The van der Waals surface area contributed by atoms with Gasteiger partial charge in [-0.1, -0.05) is 18.2 Å². The van der Waals surface area contributed by atoms with Crippen molar-refractivity contribution in [2.75, 3.05) is 13.1 Å². The predicted octanol–water partition coefficient (Wildman–Crippen LogP) is 2.33. The highest BCUT2D eigenvalue weighted by Gasteiger charge is 2.38. The fourth-order valence-electron chi connectivity index (χ4n) is 3.69. The number of benzene rings is 2. The molecule has 1 saturated heterocycles. The molecule has 168 valence electrons. The molecule has 1 aliphatic heterocycles. The van der Waals surface area contributed by atoms with E-state index in [1.165, 1.54) is 40.7 Å². The molecule has 2 aromatic carbocycles. The predicted molar refractivity (Wildman–Crippen MR) is 122 cm³/mol. The Balaban J connectivity index is 1.75. The van der Waals surface area contributed by atoms with Gasteiger partial charge >= 0.3 is 0 Å². The van der Waals surface area contributed by atoms with Crippen LogP contribution in [0.4, 0.5) is 0 Å². The number of piperidine rings is 1. The Morgan fingerprint density at radius 1 is 1.06 bits per heavy atom. The largest absolute Gasteiger partial charge is 0.508 e. The number of hydrogen-bond acceptors (Lipinski definition) is 6. The van der Waals surface area contributed by atoms with Crippen molar-refractivity contribution in [3.05, 3.63) is 95.3 Å². The second-order valence-corrected chi connectivity index (χ2v) is 9.56. The van der Waals surface area contributed by atoms with Crippen molar-refractivity contribution in [1.82, 2.24) is 9.29 Å². The first-order valence-corrected chi connectivity index (χ1v) is 11.5. The zero-order chi connectivity index (χ0) is 23.6. The van der Waals surface area contributed by atoms with Gasteiger partial charge in [0.1, 0.15) is 5.75 Å². The number of sulfonamides is 1. The van der Waals surface area contributed by atoms with Crippen LogP contribution in [0.3, 0.4) is 0 Å². The number of Topliss-reactive ketones (excluding diaryl/α,β-unsaturated/α-hetero) is 1. The Morgan fingerprint density at radius 3 is 2.36 bits per heavy atom. The number of rotatable bonds is 5. The Kier molecular flexibility index (Phi) is 6.08. The number of aromatic nitrogens is 1. The van der Waals surface area contributed by atoms with Crippen molar-refractivity contribution in [3.63, 3.8) is 0 Å². The van der Waals surface area contributed by atoms with E-state index < -0.39 is 21.8 Å². The highest BCUT2D eigenvalue weighted by molar-refractivity contribution is 7.89. The van der Waals surface area contributed by atoms with Crippen molar-refractivity contribution in [2.24, 2.45) is 5.73 Å². The van der Waals surface area contributed by atoms with E-state index in [0.29, 0.717) is 16.8 Å². The molecule has 1 fully saturated rings. The van der Waals surface area contributed by atoms with Crippen LogP contribution in [0.25, 0.3) is 6.08 Å². The van der Waals surface area contributed by atoms with Gasteiger partial charge in [0.05, 0.1) is 16.5 Å². The van der Waals surface area contributed by atoms with Gasteiger partial charge in [0.25, 0.3) is 0 Å². The summed E-state index contributed by atoms with van der Waals surface area (Å²) < 4.78 is 28.1. The lowest BCUT2D eigenvalue weighted by molar-refractivity contribution is -0.118. The zero-order valence-electron chi connectivity index (χ0n) is 17.5. The summed E-state index contributed by atoms with van der Waals surface area (Å²) >= 11 is 0. The number of nitrogens with zero attached hydrogens (tertiary/aromatic N) is 2. The van der Waals surface area contributed by atoms with E-state index in [1.807, 2.05) is 0 Å². The monoisotopic (exact) mass is 463 g/mol. The Bertz CT molecular complexity index is 1320. The first-order valence-electron chi connectivity index (χ1n) is 10.1. The molecule has 3 N–H and O–H groups in total. The molecule has 0 saturated carbocycles. The fourth-order valence-corrected chi connectivity index (χ4v) is 5.12. The number of amides is 1. The van der Waals surface area contributed by atoms with Crippen LogP contribution in [0, 0.1) is 0 Å². The van der Waals surface area contributed by atoms with Crippen LogP contribution in [0.15, 0.2) is 83.4 Å². The standard InChI is InChI=1S/C24H21N3O5S/c25-24(30)17-6-10-21(11-7-17)33(31,32)27-14-18(13-19-3-1-2-12-26-19)23(29)22(15-27)16-4-8-20(28)9-5-16/h1-13,22,28H,14-15H2,(H2,25,30)/b18-13-. The average molecular weight is 464 g/mol. The Labute approximate surface area is 191 Å². The molecule has 4 rings (SSSR count). The lowest BCUT2D eigenvalue weighted by atomic mass is 9.87. The number of aromatic hydroxyl groups is 1. The molecule has 1 unspecified atom stereocenters. The van der Waals surface area contributed by atoms with Gasteiger partial charge in [0, 0.05) is 30.4 Å². The van der Waals surface area contributed by atoms with Crippen molar-refractivity contribution < 1.29 is 23.1 Å². The summed E-state index contributed by atoms with van der Waals surface area (Å²) in [5, 5.41) is 9.62. The molecule has 0 radical (unpaired) electrons. The van der Waals surface area contributed by atoms with Gasteiger partial charge in [0.2, 0.25) is 15.9 Å². The molecular weight excluding hydrogens is 442 g/mol. The minimum atomic E-state index is -3.98. The second kappa shape index (κ2) is 8.97. The van der Waals surface area contributed by atoms with E-state index in [4.69, 9.17) is 5.73 Å². The number of carbonyl (C=O) groups excluding carboxylic acids is 2. The van der Waals surface area contributed by atoms with E-state index >= 15 is 0 Å². The lowest BCUT2D eigenvalue weighted by Gasteiger charge is -2.33. The molecule has 0 aliphatic carbocycles. The number of nitrogens with two attached hydrogens (primary N) is 1. The highest BCUT2D eigenvalue weighted by Crippen LogP contribution is 2.32. The fraction of sp³-hybridized carbons (Fsp3) is 0.125. The summed E-state index contributed by atoms with van der Waals surface area (Å²) in [7, 11) is -3.98. The third kappa shape index (κ3) is 4.69. The van der Waals surface area contributed by atoms with Crippen LogP contribution in [0.1, 0.15) is 27.5 Å². The summed E-state index contributed by atoms with van der Waals surface area (Å²) in [5.74, 6) is -1.57. The summed E-state index contributed by atoms with van der Waals surface area (Å²) in [5.41, 5.74) is 6.87. The molecular formula is C24H21N3O5S. The van der Waals surface area contributed by atoms with Crippen LogP contribution < -0.4 is 5.73 Å². The molecule has 1 aliphatic rings. The Hall–Kier alpha value is -3.82. The van der Waals surface area contributed by atoms with Crippen molar-refractivity contribution in [3.8, 4) is 5.75 Å². The molecule has 2 heterocycles. The van der Waals surface area contributed by atoms with Crippen LogP contribution >= 0.6 is 0 Å². The molecule has 8 nitrogen and oxygen atoms in total. The van der Waals surface area contributed by atoms with Gasteiger partial charge in [-0.2, -0.15) is 4.31 Å². The van der Waals surface area contributed by atoms with Crippen molar-refractivity contribution >= 4 is 27.8 Å². The van der Waals surface area contributed by atoms with E-state index in [1.54, 1.807) is 42.6 Å². The van der Waals surface area contributed by atoms with Crippen molar-refractivity contribution in [1.29, 1.82) is 0 Å². The Morgan fingerprint density at radius 2 is 1.76 bits per heavy atom. The lowest BCUT2D eigenvalue weighted by Crippen LogP contribution is -2.44. The minimum Gasteiger partial charge on any atom is -0.508 e. The molecule has 1 atom stereocenters. The third-order valence-corrected chi connectivity index (χ3v) is 7.27. The molecule has 3 aromatic rings. The highest BCUT2D eigenvalue weighted by atomic mass is 32.2. The van der Waals surface area contributed by atoms with E-state index in [9.17, 15) is 23.1 Å². The van der Waals surface area contributed by atoms with Gasteiger partial charge in [-0.05, 0) is 60.2 Å². The molecule has 0 spiro atoms. The number of primary amides is 1. The summed E-state index contributed by atoms with van der Waals surface area (Å²) in [6.45, 7) is -0.188. The number of carbonyl (C=O) groups is 2. The van der Waals surface area contributed by atoms with Gasteiger partial charge in [-0.25, -0.2) is 8.42 Å². The number of pyridine rings is 1. The molecule has 1 amide bonds. The van der Waals surface area contributed by atoms with E-state index in [0.717, 1.165) is 0 Å². The average Bonchev–Trinajstić information content (AvgIpc) is 2.81. The second-order valence-electron chi connectivity index (χ2n) is 7.62. The number of ketones is 1. The topological polar surface area (TPSA) is 131 Å². The van der Waals surface area contributed by atoms with Crippen LogP contribution in [0.2, 0.25) is 0 Å². The number of phenolic OH excluding ortho intramolecular Hbond substituents is 1. The normalized spacial score (nSPS) is 18.4. The minimum absolute atomic E-state index is 0.0107. The molecule has 1 aromatic heterocycles. The maximum atomic E-state index is 13.4.